The van der Waals surface area contributed by atoms with E-state index in [2.05, 4.69) is 78.2 Å². The van der Waals surface area contributed by atoms with Crippen molar-refractivity contribution in [2.75, 3.05) is 55.8 Å². The van der Waals surface area contributed by atoms with Crippen molar-refractivity contribution in [2.24, 2.45) is 5.92 Å². The van der Waals surface area contributed by atoms with E-state index in [1.54, 1.807) is 13.3 Å². The monoisotopic (exact) mass is 497 g/mol. The van der Waals surface area contributed by atoms with E-state index in [1.807, 2.05) is 6.07 Å². The largest absolute Gasteiger partial charge is 0.481 e. The van der Waals surface area contributed by atoms with E-state index in [0.717, 1.165) is 31.1 Å². The lowest BCUT2D eigenvalue weighted by Crippen LogP contribution is -2.61. The van der Waals surface area contributed by atoms with E-state index >= 15 is 0 Å². The molecular weight excluding hydrogens is 454 g/mol. The van der Waals surface area contributed by atoms with Crippen LogP contribution in [-0.2, 0) is 4.43 Å². The number of ether oxygens (including phenoxy) is 1. The van der Waals surface area contributed by atoms with Crippen LogP contribution in [0.15, 0.2) is 36.5 Å². The minimum atomic E-state index is -1.64. The molecule has 2 fully saturated rings. The third kappa shape index (κ3) is 6.10. The molecule has 8 heteroatoms. The molecule has 2 aliphatic rings. The number of rotatable bonds is 8. The van der Waals surface area contributed by atoms with Crippen LogP contribution in [0, 0.1) is 5.92 Å². The van der Waals surface area contributed by atoms with Crippen LogP contribution in [0.5, 0.6) is 5.88 Å². The SMILES string of the molecule is COc1cc(Nc2ccc(N3CC(N4CCC(CO[Si](C)(C)C(C)(C)C)CC4)C3)cc2)c(N)cn1. The Kier molecular flexibility index (Phi) is 7.64. The molecule has 0 spiro atoms. The molecule has 0 radical (unpaired) electrons. The van der Waals surface area contributed by atoms with Crippen molar-refractivity contribution >= 4 is 31.1 Å². The van der Waals surface area contributed by atoms with Crippen LogP contribution in [0.25, 0.3) is 0 Å². The molecule has 2 saturated heterocycles. The van der Waals surface area contributed by atoms with Crippen molar-refractivity contribution in [2.45, 2.75) is 57.8 Å². The number of likely N-dealkylation sites (tertiary alicyclic amines) is 1. The van der Waals surface area contributed by atoms with Gasteiger partial charge >= 0.3 is 0 Å². The summed E-state index contributed by atoms with van der Waals surface area (Å²) >= 11 is 0. The lowest BCUT2D eigenvalue weighted by Gasteiger charge is -2.49. The average molecular weight is 498 g/mol. The Hall–Kier alpha value is -2.29. The van der Waals surface area contributed by atoms with Crippen molar-refractivity contribution in [3.8, 4) is 5.88 Å². The van der Waals surface area contributed by atoms with Gasteiger partial charge in [0.2, 0.25) is 5.88 Å². The number of hydrogen-bond acceptors (Lipinski definition) is 7. The van der Waals surface area contributed by atoms with E-state index in [-0.39, 0.29) is 5.04 Å². The second-order valence-corrected chi connectivity index (χ2v) is 16.4. The molecule has 4 rings (SSSR count). The van der Waals surface area contributed by atoms with Crippen LogP contribution in [-0.4, -0.2) is 64.1 Å². The van der Waals surface area contributed by atoms with Gasteiger partial charge in [-0.3, -0.25) is 4.90 Å². The fraction of sp³-hybridized carbons (Fsp3) is 0.593. The molecule has 192 valence electrons. The van der Waals surface area contributed by atoms with Gasteiger partial charge in [-0.05, 0) is 74.2 Å². The highest BCUT2D eigenvalue weighted by atomic mass is 28.4. The topological polar surface area (TPSA) is 75.9 Å². The van der Waals surface area contributed by atoms with Gasteiger partial charge in [0.05, 0.1) is 24.7 Å². The number of methoxy groups -OCH3 is 1. The Morgan fingerprint density at radius 1 is 1.11 bits per heavy atom. The van der Waals surface area contributed by atoms with Gasteiger partial charge in [-0.1, -0.05) is 20.8 Å². The minimum absolute atomic E-state index is 0.289. The maximum absolute atomic E-state index is 6.50. The van der Waals surface area contributed by atoms with Crippen molar-refractivity contribution in [3.05, 3.63) is 36.5 Å². The highest BCUT2D eigenvalue weighted by Gasteiger charge is 2.38. The number of pyridine rings is 1. The molecule has 0 unspecified atom stereocenters. The molecule has 3 heterocycles. The average Bonchev–Trinajstić information content (AvgIpc) is 2.79. The first-order valence-corrected chi connectivity index (χ1v) is 15.8. The highest BCUT2D eigenvalue weighted by Crippen LogP contribution is 2.37. The van der Waals surface area contributed by atoms with Gasteiger partial charge in [0.15, 0.2) is 8.32 Å². The van der Waals surface area contributed by atoms with Gasteiger partial charge in [-0.15, -0.1) is 0 Å². The molecule has 1 aromatic carbocycles. The first-order chi connectivity index (χ1) is 16.6. The summed E-state index contributed by atoms with van der Waals surface area (Å²) in [5, 5.41) is 3.65. The molecular formula is C27H43N5O2Si. The minimum Gasteiger partial charge on any atom is -0.481 e. The molecule has 7 nitrogen and oxygen atoms in total. The highest BCUT2D eigenvalue weighted by molar-refractivity contribution is 6.74. The molecule has 1 aromatic heterocycles. The van der Waals surface area contributed by atoms with E-state index in [1.165, 1.54) is 31.6 Å². The summed E-state index contributed by atoms with van der Waals surface area (Å²) < 4.78 is 11.7. The third-order valence-corrected chi connectivity index (χ3v) is 12.6. The van der Waals surface area contributed by atoms with Crippen molar-refractivity contribution < 1.29 is 9.16 Å². The number of nitrogen functional groups attached to an aromatic ring is 1. The van der Waals surface area contributed by atoms with E-state index < -0.39 is 8.32 Å². The molecule has 35 heavy (non-hydrogen) atoms. The Morgan fingerprint density at radius 2 is 1.77 bits per heavy atom. The predicted octanol–water partition coefficient (Wildman–Crippen LogP) is 5.34. The normalized spacial score (nSPS) is 18.4. The Morgan fingerprint density at radius 3 is 2.37 bits per heavy atom. The second-order valence-electron chi connectivity index (χ2n) is 11.6. The number of nitrogens with two attached hydrogens (primary N) is 1. The molecule has 3 N–H and O–H groups in total. The zero-order valence-corrected chi connectivity index (χ0v) is 23.3. The summed E-state index contributed by atoms with van der Waals surface area (Å²) in [6, 6.07) is 11.0. The standard InChI is InChI=1S/C27H43N5O2Si/c1-27(2,3)35(5,6)34-19-20-11-13-31(14-12-20)23-17-32(18-23)22-9-7-21(8-10-22)30-25-15-26(33-4)29-16-24(25)28/h7-10,15-16,20,23H,11-14,17-19,28H2,1-6H3,(H,29,30). The Balaban J connectivity index is 1.21. The van der Waals surface area contributed by atoms with Crippen LogP contribution in [0.3, 0.4) is 0 Å². The van der Waals surface area contributed by atoms with Crippen LogP contribution >= 0.6 is 0 Å². The number of piperidine rings is 1. The summed E-state index contributed by atoms with van der Waals surface area (Å²) in [6.07, 6.45) is 4.13. The molecule has 2 aromatic rings. The first kappa shape index (κ1) is 25.8. The van der Waals surface area contributed by atoms with Crippen molar-refractivity contribution in [3.63, 3.8) is 0 Å². The zero-order chi connectivity index (χ0) is 25.2. The van der Waals surface area contributed by atoms with Gasteiger partial charge in [0, 0.05) is 43.2 Å². The van der Waals surface area contributed by atoms with Crippen molar-refractivity contribution in [1.82, 2.24) is 9.88 Å². The fourth-order valence-corrected chi connectivity index (χ4v) is 5.59. The predicted molar refractivity (Wildman–Crippen MR) is 148 cm³/mol. The van der Waals surface area contributed by atoms with Gasteiger partial charge in [0.25, 0.3) is 0 Å². The summed E-state index contributed by atoms with van der Waals surface area (Å²) in [6.45, 7) is 17.2. The molecule has 0 atom stereocenters. The number of benzene rings is 1. The van der Waals surface area contributed by atoms with Crippen LogP contribution in [0.2, 0.25) is 18.1 Å². The van der Waals surface area contributed by atoms with Gasteiger partial charge in [-0.25, -0.2) is 4.98 Å². The van der Waals surface area contributed by atoms with Crippen LogP contribution < -0.4 is 20.7 Å². The molecule has 0 aliphatic carbocycles. The molecule has 0 bridgehead atoms. The summed E-state index contributed by atoms with van der Waals surface area (Å²) in [7, 11) is -0.0415. The fourth-order valence-electron chi connectivity index (χ4n) is 4.50. The van der Waals surface area contributed by atoms with Gasteiger partial charge < -0.3 is 25.1 Å². The maximum atomic E-state index is 6.50. The van der Waals surface area contributed by atoms with Crippen LogP contribution in [0.1, 0.15) is 33.6 Å². The molecule has 0 amide bonds. The quantitative estimate of drug-likeness (QED) is 0.477. The third-order valence-electron chi connectivity index (χ3n) is 8.14. The Labute approximate surface area is 212 Å². The molecule has 2 aliphatic heterocycles. The van der Waals surface area contributed by atoms with Gasteiger partial charge in [-0.2, -0.15) is 0 Å². The maximum Gasteiger partial charge on any atom is 0.215 e. The molecule has 0 saturated carbocycles. The lowest BCUT2D eigenvalue weighted by atomic mass is 9.95. The number of anilines is 4. The summed E-state index contributed by atoms with van der Waals surface area (Å²) in [5.41, 5.74) is 9.70. The van der Waals surface area contributed by atoms with E-state index in [4.69, 9.17) is 14.9 Å². The summed E-state index contributed by atoms with van der Waals surface area (Å²) in [5.74, 6) is 1.25. The smallest absolute Gasteiger partial charge is 0.215 e. The number of nitrogens with one attached hydrogen (secondary N) is 1. The van der Waals surface area contributed by atoms with Crippen LogP contribution in [0.4, 0.5) is 22.7 Å². The summed E-state index contributed by atoms with van der Waals surface area (Å²) in [4.78, 5) is 9.28. The lowest BCUT2D eigenvalue weighted by molar-refractivity contribution is 0.0902. The zero-order valence-electron chi connectivity index (χ0n) is 22.3. The first-order valence-electron chi connectivity index (χ1n) is 12.9. The number of hydrogen-bond donors (Lipinski definition) is 2. The van der Waals surface area contributed by atoms with E-state index in [9.17, 15) is 0 Å². The van der Waals surface area contributed by atoms with E-state index in [0.29, 0.717) is 23.5 Å². The number of aromatic nitrogens is 1. The van der Waals surface area contributed by atoms with Gasteiger partial charge in [0.1, 0.15) is 0 Å². The van der Waals surface area contributed by atoms with Crippen molar-refractivity contribution in [1.29, 1.82) is 0 Å². The Bertz CT molecular complexity index is 978. The second kappa shape index (κ2) is 10.4. The number of nitrogens with zero attached hydrogens (tertiary/aromatic N) is 3.